The van der Waals surface area contributed by atoms with Crippen LogP contribution in [0.1, 0.15) is 17.4 Å². The van der Waals surface area contributed by atoms with E-state index in [0.717, 1.165) is 10.6 Å². The number of methoxy groups -OCH3 is 1. The highest BCUT2D eigenvalue weighted by atomic mass is 32.1. The largest absolute Gasteiger partial charge is 0.495 e. The van der Waals surface area contributed by atoms with Crippen LogP contribution in [0.5, 0.6) is 5.75 Å². The van der Waals surface area contributed by atoms with Crippen LogP contribution in [0.4, 0.5) is 11.4 Å². The first-order valence-electron chi connectivity index (χ1n) is 7.85. The number of benzene rings is 2. The van der Waals surface area contributed by atoms with E-state index >= 15 is 0 Å². The number of aromatic nitrogens is 1. The number of nitrogens with one attached hydrogen (secondary N) is 2. The Bertz CT molecular complexity index is 938. The van der Waals surface area contributed by atoms with Gasteiger partial charge in [0.05, 0.1) is 12.8 Å². The summed E-state index contributed by atoms with van der Waals surface area (Å²) in [7, 11) is 1.51. The number of nitrogens with zero attached hydrogens (tertiary/aromatic N) is 1. The highest BCUT2D eigenvalue weighted by Crippen LogP contribution is 2.29. The van der Waals surface area contributed by atoms with Crippen LogP contribution < -0.4 is 15.4 Å². The van der Waals surface area contributed by atoms with Gasteiger partial charge in [-0.05, 0) is 18.2 Å². The van der Waals surface area contributed by atoms with Crippen LogP contribution in [0.15, 0.2) is 53.9 Å². The Hall–Kier alpha value is -3.19. The predicted molar refractivity (Wildman–Crippen MR) is 103 cm³/mol. The summed E-state index contributed by atoms with van der Waals surface area (Å²) < 4.78 is 5.27. The second-order valence-electron chi connectivity index (χ2n) is 5.45. The summed E-state index contributed by atoms with van der Waals surface area (Å²) in [5.74, 6) is -0.0490. The van der Waals surface area contributed by atoms with E-state index in [-0.39, 0.29) is 11.8 Å². The van der Waals surface area contributed by atoms with Crippen molar-refractivity contribution in [3.63, 3.8) is 0 Å². The molecule has 0 aliphatic rings. The van der Waals surface area contributed by atoms with Gasteiger partial charge in [0.25, 0.3) is 5.91 Å². The Balaban J connectivity index is 1.81. The zero-order valence-corrected chi connectivity index (χ0v) is 15.1. The van der Waals surface area contributed by atoms with E-state index in [4.69, 9.17) is 4.74 Å². The van der Waals surface area contributed by atoms with Gasteiger partial charge in [0, 0.05) is 23.6 Å². The Morgan fingerprint density at radius 2 is 1.85 bits per heavy atom. The molecule has 1 heterocycles. The maximum atomic E-state index is 12.6. The van der Waals surface area contributed by atoms with Gasteiger partial charge in [0.1, 0.15) is 16.5 Å². The molecule has 0 fully saturated rings. The summed E-state index contributed by atoms with van der Waals surface area (Å²) in [5, 5.41) is 7.94. The first kappa shape index (κ1) is 17.6. The second-order valence-corrected chi connectivity index (χ2v) is 6.31. The standard InChI is InChI=1S/C19H17N3O3S/c1-12(23)20-14-8-9-17(25-2)15(10-14)21-18(24)16-11-26-19(22-16)13-6-4-3-5-7-13/h3-11H,1-2H3,(H,20,23)(H,21,24). The zero-order valence-electron chi connectivity index (χ0n) is 14.3. The van der Waals surface area contributed by atoms with Crippen LogP contribution in [0, 0.1) is 0 Å². The molecule has 2 aromatic carbocycles. The van der Waals surface area contributed by atoms with Gasteiger partial charge in [-0.15, -0.1) is 11.3 Å². The molecule has 3 aromatic rings. The van der Waals surface area contributed by atoms with Gasteiger partial charge < -0.3 is 15.4 Å². The molecular weight excluding hydrogens is 350 g/mol. The van der Waals surface area contributed by atoms with Crippen LogP contribution >= 0.6 is 11.3 Å². The minimum absolute atomic E-state index is 0.195. The molecular formula is C19H17N3O3S. The highest BCUT2D eigenvalue weighted by Gasteiger charge is 2.15. The number of carbonyl (C=O) groups is 2. The fraction of sp³-hybridized carbons (Fsp3) is 0.105. The lowest BCUT2D eigenvalue weighted by molar-refractivity contribution is -0.114. The molecule has 0 atom stereocenters. The SMILES string of the molecule is COc1ccc(NC(C)=O)cc1NC(=O)c1csc(-c2ccccc2)n1. The molecule has 26 heavy (non-hydrogen) atoms. The van der Waals surface area contributed by atoms with Crippen LogP contribution in [0.3, 0.4) is 0 Å². The van der Waals surface area contributed by atoms with Crippen LogP contribution in [0.2, 0.25) is 0 Å². The van der Waals surface area contributed by atoms with Gasteiger partial charge in [-0.25, -0.2) is 4.98 Å². The molecule has 132 valence electrons. The van der Waals surface area contributed by atoms with Gasteiger partial charge in [-0.3, -0.25) is 9.59 Å². The summed E-state index contributed by atoms with van der Waals surface area (Å²) >= 11 is 1.40. The maximum Gasteiger partial charge on any atom is 0.275 e. The van der Waals surface area contributed by atoms with E-state index in [1.807, 2.05) is 30.3 Å². The van der Waals surface area contributed by atoms with Crippen molar-refractivity contribution in [2.24, 2.45) is 0 Å². The van der Waals surface area contributed by atoms with E-state index in [2.05, 4.69) is 15.6 Å². The fourth-order valence-electron chi connectivity index (χ4n) is 2.36. The smallest absolute Gasteiger partial charge is 0.275 e. The minimum Gasteiger partial charge on any atom is -0.495 e. The molecule has 2 amide bonds. The molecule has 0 aliphatic carbocycles. The number of rotatable bonds is 5. The number of anilines is 2. The van der Waals surface area contributed by atoms with E-state index < -0.39 is 0 Å². The van der Waals surface area contributed by atoms with Crippen molar-refractivity contribution in [2.75, 3.05) is 17.7 Å². The summed E-state index contributed by atoms with van der Waals surface area (Å²) in [6.45, 7) is 1.42. The number of amides is 2. The number of carbonyl (C=O) groups excluding carboxylic acids is 2. The molecule has 0 unspecified atom stereocenters. The second kappa shape index (κ2) is 7.79. The molecule has 2 N–H and O–H groups in total. The summed E-state index contributed by atoms with van der Waals surface area (Å²) in [6, 6.07) is 14.7. The first-order chi connectivity index (χ1) is 12.6. The summed E-state index contributed by atoms with van der Waals surface area (Å²) in [4.78, 5) is 28.2. The number of ether oxygens (including phenoxy) is 1. The topological polar surface area (TPSA) is 80.3 Å². The molecule has 0 bridgehead atoms. The Morgan fingerprint density at radius 3 is 2.54 bits per heavy atom. The van der Waals surface area contributed by atoms with Crippen molar-refractivity contribution in [2.45, 2.75) is 6.92 Å². The molecule has 0 saturated heterocycles. The van der Waals surface area contributed by atoms with E-state index in [9.17, 15) is 9.59 Å². The zero-order chi connectivity index (χ0) is 18.5. The van der Waals surface area contributed by atoms with Gasteiger partial charge >= 0.3 is 0 Å². The van der Waals surface area contributed by atoms with Crippen LogP contribution in [0.25, 0.3) is 10.6 Å². The molecule has 0 radical (unpaired) electrons. The van der Waals surface area contributed by atoms with E-state index in [1.165, 1.54) is 25.4 Å². The summed E-state index contributed by atoms with van der Waals surface area (Å²) in [6.07, 6.45) is 0. The monoisotopic (exact) mass is 367 g/mol. The third-order valence-electron chi connectivity index (χ3n) is 3.53. The molecule has 3 rings (SSSR count). The molecule has 1 aromatic heterocycles. The van der Waals surface area contributed by atoms with E-state index in [1.54, 1.807) is 23.6 Å². The van der Waals surface area contributed by atoms with E-state index in [0.29, 0.717) is 22.8 Å². The quantitative estimate of drug-likeness (QED) is 0.713. The van der Waals surface area contributed by atoms with Gasteiger partial charge in [0.15, 0.2) is 0 Å². The van der Waals surface area contributed by atoms with Gasteiger partial charge in [-0.2, -0.15) is 0 Å². The highest BCUT2D eigenvalue weighted by molar-refractivity contribution is 7.13. The lowest BCUT2D eigenvalue weighted by Gasteiger charge is -2.11. The van der Waals surface area contributed by atoms with Crippen LogP contribution in [-0.4, -0.2) is 23.9 Å². The molecule has 0 saturated carbocycles. The maximum absolute atomic E-state index is 12.6. The average Bonchev–Trinajstić information content (AvgIpc) is 3.12. The van der Waals surface area contributed by atoms with Crippen molar-refractivity contribution < 1.29 is 14.3 Å². The number of thiazole rings is 1. The van der Waals surface area contributed by atoms with Gasteiger partial charge in [-0.1, -0.05) is 30.3 Å². The lowest BCUT2D eigenvalue weighted by atomic mass is 10.2. The fourth-order valence-corrected chi connectivity index (χ4v) is 3.17. The Morgan fingerprint density at radius 1 is 1.08 bits per heavy atom. The number of hydrogen-bond acceptors (Lipinski definition) is 5. The van der Waals surface area contributed by atoms with Crippen molar-refractivity contribution in [1.29, 1.82) is 0 Å². The molecule has 0 aliphatic heterocycles. The first-order valence-corrected chi connectivity index (χ1v) is 8.72. The van der Waals surface area contributed by atoms with Crippen molar-refractivity contribution in [1.82, 2.24) is 4.98 Å². The average molecular weight is 367 g/mol. The third kappa shape index (κ3) is 4.07. The summed E-state index contributed by atoms with van der Waals surface area (Å²) in [5.41, 5.74) is 2.30. The molecule has 0 spiro atoms. The van der Waals surface area contributed by atoms with Crippen molar-refractivity contribution in [3.8, 4) is 16.3 Å². The third-order valence-corrected chi connectivity index (χ3v) is 4.42. The van der Waals surface area contributed by atoms with Crippen molar-refractivity contribution >= 4 is 34.5 Å². The molecule has 7 heteroatoms. The van der Waals surface area contributed by atoms with Crippen LogP contribution in [-0.2, 0) is 4.79 Å². The normalized spacial score (nSPS) is 10.2. The lowest BCUT2D eigenvalue weighted by Crippen LogP contribution is -2.14. The number of hydrogen-bond donors (Lipinski definition) is 2. The van der Waals surface area contributed by atoms with Gasteiger partial charge in [0.2, 0.25) is 5.91 Å². The Labute approximate surface area is 154 Å². The predicted octanol–water partition coefficient (Wildman–Crippen LogP) is 4.03. The Kier molecular flexibility index (Phi) is 5.28. The minimum atomic E-state index is -0.346. The molecule has 6 nitrogen and oxygen atoms in total. The van der Waals surface area contributed by atoms with Crippen molar-refractivity contribution in [3.05, 3.63) is 59.6 Å².